The van der Waals surface area contributed by atoms with E-state index in [0.29, 0.717) is 0 Å². The van der Waals surface area contributed by atoms with E-state index < -0.39 is 0 Å². The van der Waals surface area contributed by atoms with Crippen molar-refractivity contribution in [3.8, 4) is 0 Å². The van der Waals surface area contributed by atoms with Gasteiger partial charge < -0.3 is 13.1 Å². The molecule has 0 nitrogen and oxygen atoms in total. The molecule has 3 atom stereocenters. The van der Waals surface area contributed by atoms with Gasteiger partial charge in [0.2, 0.25) is 0 Å². The predicted octanol–water partition coefficient (Wildman–Crippen LogP) is 2.39. The molecule has 0 saturated carbocycles. The molecule has 0 fully saturated rings. The third kappa shape index (κ3) is 651. The summed E-state index contributed by atoms with van der Waals surface area (Å²) in [7, 11) is 2.53. The van der Waals surface area contributed by atoms with Crippen molar-refractivity contribution in [2.24, 2.45) is 0 Å². The summed E-state index contributed by atoms with van der Waals surface area (Å²) in [4.78, 5) is 0. The van der Waals surface area contributed by atoms with Crippen molar-refractivity contribution in [2.45, 2.75) is 20.3 Å². The summed E-state index contributed by atoms with van der Waals surface area (Å²) < 4.78 is 0. The predicted molar refractivity (Wildman–Crippen MR) is 57.5 cm³/mol. The van der Waals surface area contributed by atoms with Crippen molar-refractivity contribution in [2.75, 3.05) is 0 Å². The van der Waals surface area contributed by atoms with Gasteiger partial charge in [0.15, 0.2) is 0 Å². The number of hydrogen-bond acceptors (Lipinski definition) is 0. The minimum atomic E-state index is 0. The Kier molecular flexibility index (Phi) is 58000. The van der Waals surface area contributed by atoms with Gasteiger partial charge in [0.1, 0.15) is 0 Å². The van der Waals surface area contributed by atoms with Crippen molar-refractivity contribution in [1.29, 1.82) is 0 Å². The molecule has 0 saturated heterocycles. The monoisotopic (exact) mass is 973 g/mol. The van der Waals surface area contributed by atoms with E-state index in [0.717, 1.165) is 6.42 Å². The van der Waals surface area contributed by atoms with Gasteiger partial charge >= 0.3 is 0 Å². The summed E-state index contributed by atoms with van der Waals surface area (Å²) in [5.74, 6) is 0. The van der Waals surface area contributed by atoms with Crippen LogP contribution in [-0.4, -0.2) is 0 Å². The Morgan fingerprint density at radius 2 is 1.18 bits per heavy atom. The summed E-state index contributed by atoms with van der Waals surface area (Å²) in [6.07, 6.45) is 3.20. The molecule has 0 aliphatic carbocycles. The Bertz CT molecular complexity index is 18.9. The van der Waals surface area contributed by atoms with Crippen molar-refractivity contribution in [3.05, 3.63) is 13.1 Å². The Morgan fingerprint density at radius 1 is 1.09 bits per heavy atom. The molecule has 0 aromatic carbocycles. The fourth-order valence-electron chi connectivity index (χ4n) is 0. The molecule has 3 unspecified atom stereocenters. The van der Waals surface area contributed by atoms with Crippen molar-refractivity contribution >= 4 is 29.0 Å². The van der Waals surface area contributed by atoms with E-state index in [2.05, 4.69) is 23.1 Å². The van der Waals surface area contributed by atoms with Crippen LogP contribution in [-0.2, 0) is 0 Å². The first-order chi connectivity index (χ1) is 2.91. The van der Waals surface area contributed by atoms with Gasteiger partial charge in [-0.3, -0.25) is 9.24 Å². The van der Waals surface area contributed by atoms with E-state index in [1.54, 1.807) is 6.92 Å². The zero-order chi connectivity index (χ0) is 5.41. The molecule has 0 heterocycles. The van der Waals surface area contributed by atoms with Gasteiger partial charge in [-0.2, -0.15) is 33.1 Å². The van der Waals surface area contributed by atoms with E-state index in [-0.39, 0.29) is 19.8 Å². The van der Waals surface area contributed by atoms with E-state index in [9.17, 15) is 0 Å². The molecule has 0 bridgehead atoms. The van der Waals surface area contributed by atoms with Gasteiger partial charge in [0.05, 0.1) is 0 Å². The molecule has 11 heavy (non-hydrogen) atoms. The number of hydrogen-bond donors (Lipinski definition) is 0. The summed E-state index contributed by atoms with van der Waals surface area (Å²) in [5, 5.41) is 0. The van der Waals surface area contributed by atoms with Gasteiger partial charge in [0.25, 0.3) is 0 Å². The fourth-order valence-corrected chi connectivity index (χ4v) is 0. The third-order valence-electron chi connectivity index (χ3n) is 0.236. The topological polar surface area (TPSA) is 0 Å². The molecule has 62 valence electrons. The first-order valence-electron chi connectivity index (χ1n) is 2.16. The average molecular weight is 973 g/mol. The minimum absolute atomic E-state index is 0. The molecule has 0 rings (SSSR count). The fraction of sp³-hybridized carbons (Fsp3) is 0.600. The second-order valence-electron chi connectivity index (χ2n) is 0.644. The van der Waals surface area contributed by atoms with E-state index in [1.807, 2.05) is 6.16 Å². The maximum atomic E-state index is 3.25. The van der Waals surface area contributed by atoms with E-state index in [1.165, 1.54) is 0 Å². The van der Waals surface area contributed by atoms with Gasteiger partial charge in [-0.25, -0.2) is 0 Å². The van der Waals surface area contributed by atoms with Crippen molar-refractivity contribution in [3.63, 3.8) is 0 Å². The maximum absolute atomic E-state index is 3.25. The third-order valence-corrected chi connectivity index (χ3v) is 0.707. The van der Waals surface area contributed by atoms with Crippen LogP contribution in [0.5, 0.6) is 0 Å². The van der Waals surface area contributed by atoms with Crippen LogP contribution in [0, 0.1) is 13.1 Å². The smallest absolute Gasteiger partial charge is 0 e. The molecule has 0 radical (unpaired) electrons. The first kappa shape index (κ1) is 122. The Labute approximate surface area is 63.0 Å². The summed E-state index contributed by atoms with van der Waals surface area (Å²) >= 11 is 0. The summed E-state index contributed by atoms with van der Waals surface area (Å²) in [6, 6.07) is 0. The molecular formula is C5H19P3Rf3-2. The Morgan fingerprint density at radius 3 is 1.18 bits per heavy atom. The number of rotatable bonds is 1. The Balaban J connectivity index is -0.00000000432. The van der Waals surface area contributed by atoms with Gasteiger partial charge in [0, 0.05) is 0 Å². The van der Waals surface area contributed by atoms with Crippen LogP contribution in [0.3, 0.4) is 0 Å². The molecule has 0 spiro atoms. The van der Waals surface area contributed by atoms with Crippen LogP contribution in [0.4, 0.5) is 0 Å². The van der Waals surface area contributed by atoms with Crippen LogP contribution in [0.25, 0.3) is 0 Å². The van der Waals surface area contributed by atoms with Crippen LogP contribution >= 0.6 is 29.0 Å². The normalized spacial score (nSPS) is 3.27. The molecule has 0 N–H and O–H groups in total. The summed E-state index contributed by atoms with van der Waals surface area (Å²) in [6.45, 7) is 7.10. The van der Waals surface area contributed by atoms with Gasteiger partial charge in [-0.1, -0.05) is 6.92 Å². The van der Waals surface area contributed by atoms with Gasteiger partial charge in [-0.15, -0.1) is 0 Å². The standard InChI is InChI=1S/C3H8P.C2H5.2H3P.3Rf/c1-2-3-4;1-2;;;;;/h3H,2,4H2,1H3;1H2,2H3;2*1H3;;;/q2*-1;;;;;. The zero-order valence-corrected chi connectivity index (χ0v) is 31.3. The quantitative estimate of drug-likeness (QED) is 0.280. The van der Waals surface area contributed by atoms with Crippen LogP contribution in [0.1, 0.15) is 20.3 Å². The molecule has 0 amide bonds. The molecule has 6 heteroatoms. The SMILES string of the molecule is CC[CH-]P.P.P.[CH2-]C.[Rf].[Rf].[Rf]. The van der Waals surface area contributed by atoms with E-state index >= 15 is 0 Å². The molecular weight excluding hydrogens is 954 g/mol. The second-order valence-corrected chi connectivity index (χ2v) is 1.12. The van der Waals surface area contributed by atoms with Crippen molar-refractivity contribution < 1.29 is 0 Å². The van der Waals surface area contributed by atoms with Crippen molar-refractivity contribution in [1.82, 2.24) is 0 Å². The largest absolute Gasteiger partial charge is 0.346 e. The molecule has 0 aromatic rings. The molecule has 0 aliphatic heterocycles. The van der Waals surface area contributed by atoms with Crippen LogP contribution in [0.15, 0.2) is 0 Å². The maximum Gasteiger partial charge on any atom is 0 e. The summed E-state index contributed by atoms with van der Waals surface area (Å²) in [5.41, 5.74) is 0. The molecule has 0 aromatic heterocycles. The average Bonchev–Trinajstić information content (AvgIpc) is 1.72. The Hall–Kier alpha value is -1.71. The molecule has 0 aliphatic rings. The minimum Gasteiger partial charge on any atom is -0.346 e. The van der Waals surface area contributed by atoms with Crippen LogP contribution < -0.4 is 0 Å². The second kappa shape index (κ2) is 5240. The zero-order valence-electron chi connectivity index (χ0n) is 8.10. The van der Waals surface area contributed by atoms with E-state index in [4.69, 9.17) is 0 Å². The van der Waals surface area contributed by atoms with Gasteiger partial charge in [-0.05, 0) is 0 Å². The van der Waals surface area contributed by atoms with Crippen LogP contribution in [0.2, 0.25) is 0 Å². The first-order valence-corrected chi connectivity index (χ1v) is 2.82.